The third-order valence-corrected chi connectivity index (χ3v) is 2.00. The summed E-state index contributed by atoms with van der Waals surface area (Å²) in [6, 6.07) is -0.438. The van der Waals surface area contributed by atoms with Gasteiger partial charge in [0.05, 0.1) is 7.11 Å². The summed E-state index contributed by atoms with van der Waals surface area (Å²) in [5.41, 5.74) is 0. The maximum absolute atomic E-state index is 11.2. The van der Waals surface area contributed by atoms with Gasteiger partial charge >= 0.3 is 5.97 Å². The van der Waals surface area contributed by atoms with E-state index < -0.39 is 6.04 Å². The van der Waals surface area contributed by atoms with Gasteiger partial charge < -0.3 is 9.64 Å². The van der Waals surface area contributed by atoms with Crippen LogP contribution in [-0.4, -0.2) is 37.0 Å². The van der Waals surface area contributed by atoms with E-state index in [9.17, 15) is 9.59 Å². The van der Waals surface area contributed by atoms with Gasteiger partial charge in [0.15, 0.2) is 0 Å². The minimum absolute atomic E-state index is 0.121. The quantitative estimate of drug-likeness (QED) is 0.612. The van der Waals surface area contributed by atoms with Crippen molar-refractivity contribution in [1.82, 2.24) is 4.90 Å². The van der Waals surface area contributed by atoms with Crippen molar-refractivity contribution in [3.63, 3.8) is 0 Å². The number of hydrogen-bond acceptors (Lipinski definition) is 3. The maximum Gasteiger partial charge on any atom is 0.328 e. The molecule has 0 rings (SSSR count). The third kappa shape index (κ3) is 3.44. The monoisotopic (exact) mass is 187 g/mol. The van der Waals surface area contributed by atoms with Crippen molar-refractivity contribution in [2.75, 3.05) is 14.2 Å². The summed E-state index contributed by atoms with van der Waals surface area (Å²) in [4.78, 5) is 23.6. The van der Waals surface area contributed by atoms with E-state index in [1.165, 1.54) is 18.9 Å². The lowest BCUT2D eigenvalue weighted by atomic mass is 10.1. The Morgan fingerprint density at radius 3 is 2.31 bits per heavy atom. The van der Waals surface area contributed by atoms with Crippen molar-refractivity contribution in [1.29, 1.82) is 0 Å². The first kappa shape index (κ1) is 11.9. The molecule has 0 aromatic rings. The minimum atomic E-state index is -0.438. The molecule has 13 heavy (non-hydrogen) atoms. The summed E-state index contributed by atoms with van der Waals surface area (Å²) in [7, 11) is 2.94. The first-order chi connectivity index (χ1) is 6.04. The molecule has 1 unspecified atom stereocenters. The lowest BCUT2D eigenvalue weighted by molar-refractivity contribution is -0.151. The highest BCUT2D eigenvalue weighted by molar-refractivity contribution is 5.83. The highest BCUT2D eigenvalue weighted by Crippen LogP contribution is 2.06. The highest BCUT2D eigenvalue weighted by atomic mass is 16.5. The van der Waals surface area contributed by atoms with Gasteiger partial charge in [-0.3, -0.25) is 4.79 Å². The number of methoxy groups -OCH3 is 1. The van der Waals surface area contributed by atoms with Crippen molar-refractivity contribution >= 4 is 11.9 Å². The zero-order valence-corrected chi connectivity index (χ0v) is 8.66. The van der Waals surface area contributed by atoms with Crippen LogP contribution in [0.1, 0.15) is 26.7 Å². The van der Waals surface area contributed by atoms with Crippen molar-refractivity contribution in [2.45, 2.75) is 32.7 Å². The Kier molecular flexibility index (Phi) is 5.11. The van der Waals surface area contributed by atoms with E-state index in [1.54, 1.807) is 7.05 Å². The first-order valence-corrected chi connectivity index (χ1v) is 4.35. The molecule has 0 aliphatic heterocycles. The van der Waals surface area contributed by atoms with Crippen LogP contribution >= 0.6 is 0 Å². The summed E-state index contributed by atoms with van der Waals surface area (Å²) in [6.45, 7) is 3.40. The number of nitrogens with zero attached hydrogens (tertiary/aromatic N) is 1. The van der Waals surface area contributed by atoms with Crippen molar-refractivity contribution < 1.29 is 14.3 Å². The predicted molar refractivity (Wildman–Crippen MR) is 49.2 cm³/mol. The molecule has 0 fully saturated rings. The molecule has 0 spiro atoms. The second-order valence-electron chi connectivity index (χ2n) is 2.96. The summed E-state index contributed by atoms with van der Waals surface area (Å²) in [5.74, 6) is -0.469. The fourth-order valence-electron chi connectivity index (χ4n) is 1.10. The Labute approximate surface area is 78.9 Å². The molecular weight excluding hydrogens is 170 g/mol. The maximum atomic E-state index is 11.2. The van der Waals surface area contributed by atoms with Gasteiger partial charge in [0.2, 0.25) is 5.91 Å². The molecular formula is C9H17NO3. The molecule has 0 heterocycles. The third-order valence-electron chi connectivity index (χ3n) is 2.00. The van der Waals surface area contributed by atoms with Crippen LogP contribution in [0.2, 0.25) is 0 Å². The molecule has 0 saturated heterocycles. The minimum Gasteiger partial charge on any atom is -0.467 e. The van der Waals surface area contributed by atoms with Crippen LogP contribution in [0, 0.1) is 0 Å². The van der Waals surface area contributed by atoms with E-state index in [0.29, 0.717) is 6.42 Å². The fraction of sp³-hybridized carbons (Fsp3) is 0.778. The zero-order valence-electron chi connectivity index (χ0n) is 8.66. The normalized spacial score (nSPS) is 12.0. The molecule has 0 aromatic carbocycles. The van der Waals surface area contributed by atoms with Crippen LogP contribution in [0.3, 0.4) is 0 Å². The predicted octanol–water partition coefficient (Wildman–Crippen LogP) is 0.806. The number of amides is 1. The van der Waals surface area contributed by atoms with Gasteiger partial charge in [-0.05, 0) is 6.42 Å². The van der Waals surface area contributed by atoms with Gasteiger partial charge in [-0.2, -0.15) is 0 Å². The van der Waals surface area contributed by atoms with Gasteiger partial charge in [0.25, 0.3) is 0 Å². The molecule has 0 aliphatic carbocycles. The van der Waals surface area contributed by atoms with Gasteiger partial charge in [0.1, 0.15) is 6.04 Å². The number of likely N-dealkylation sites (N-methyl/N-ethyl adjacent to an activating group) is 1. The average Bonchev–Trinajstić information content (AvgIpc) is 2.11. The summed E-state index contributed by atoms with van der Waals surface area (Å²) in [6.07, 6.45) is 1.49. The number of ether oxygens (including phenoxy) is 1. The average molecular weight is 187 g/mol. The Bertz CT molecular complexity index is 191. The molecule has 76 valence electrons. The number of rotatable bonds is 4. The lowest BCUT2D eigenvalue weighted by Gasteiger charge is -2.24. The summed E-state index contributed by atoms with van der Waals surface area (Å²) in [5, 5.41) is 0. The molecule has 4 nitrogen and oxygen atoms in total. The molecule has 4 heteroatoms. The molecule has 1 atom stereocenters. The molecule has 0 saturated carbocycles. The second kappa shape index (κ2) is 5.56. The highest BCUT2D eigenvalue weighted by Gasteiger charge is 2.24. The topological polar surface area (TPSA) is 46.6 Å². The number of hydrogen-bond donors (Lipinski definition) is 0. The Morgan fingerprint density at radius 1 is 1.46 bits per heavy atom. The Balaban J connectivity index is 4.40. The van der Waals surface area contributed by atoms with E-state index in [1.807, 2.05) is 6.92 Å². The van der Waals surface area contributed by atoms with Crippen molar-refractivity contribution in [3.8, 4) is 0 Å². The van der Waals surface area contributed by atoms with E-state index >= 15 is 0 Å². The van der Waals surface area contributed by atoms with Gasteiger partial charge in [-0.1, -0.05) is 13.3 Å². The second-order valence-corrected chi connectivity index (χ2v) is 2.96. The van der Waals surface area contributed by atoms with Crippen LogP contribution in [0.15, 0.2) is 0 Å². The Morgan fingerprint density at radius 2 is 2.00 bits per heavy atom. The van der Waals surface area contributed by atoms with E-state index in [4.69, 9.17) is 0 Å². The number of carbonyl (C=O) groups is 2. The van der Waals surface area contributed by atoms with E-state index in [0.717, 1.165) is 6.42 Å². The van der Waals surface area contributed by atoms with Crippen molar-refractivity contribution in [3.05, 3.63) is 0 Å². The summed E-state index contributed by atoms with van der Waals surface area (Å²) < 4.78 is 4.60. The lowest BCUT2D eigenvalue weighted by Crippen LogP contribution is -2.41. The standard InChI is InChI=1S/C9H17NO3/c1-5-6-8(9(12)13-4)10(3)7(2)11/h8H,5-6H2,1-4H3. The van der Waals surface area contributed by atoms with E-state index in [2.05, 4.69) is 4.74 Å². The molecule has 0 N–H and O–H groups in total. The molecule has 1 amide bonds. The molecule has 0 bridgehead atoms. The van der Waals surface area contributed by atoms with Crippen molar-refractivity contribution in [2.24, 2.45) is 0 Å². The van der Waals surface area contributed by atoms with Gasteiger partial charge in [-0.15, -0.1) is 0 Å². The Hall–Kier alpha value is -1.06. The van der Waals surface area contributed by atoms with E-state index in [-0.39, 0.29) is 11.9 Å². The van der Waals surface area contributed by atoms with Gasteiger partial charge in [0, 0.05) is 14.0 Å². The van der Waals surface area contributed by atoms with Crippen LogP contribution in [-0.2, 0) is 14.3 Å². The zero-order chi connectivity index (χ0) is 10.4. The first-order valence-electron chi connectivity index (χ1n) is 4.35. The smallest absolute Gasteiger partial charge is 0.328 e. The largest absolute Gasteiger partial charge is 0.467 e. The van der Waals surface area contributed by atoms with Crippen LogP contribution in [0.4, 0.5) is 0 Å². The SMILES string of the molecule is CCCC(C(=O)OC)N(C)C(C)=O. The number of carbonyl (C=O) groups excluding carboxylic acids is 2. The number of esters is 1. The molecule has 0 aromatic heterocycles. The summed E-state index contributed by atoms with van der Waals surface area (Å²) >= 11 is 0. The van der Waals surface area contributed by atoms with Gasteiger partial charge in [-0.25, -0.2) is 4.79 Å². The molecule has 0 aliphatic rings. The molecule has 0 radical (unpaired) electrons. The van der Waals surface area contributed by atoms with Crippen LogP contribution in [0.5, 0.6) is 0 Å². The van der Waals surface area contributed by atoms with Crippen LogP contribution < -0.4 is 0 Å². The van der Waals surface area contributed by atoms with Crippen LogP contribution in [0.25, 0.3) is 0 Å². The fourth-order valence-corrected chi connectivity index (χ4v) is 1.10.